The summed E-state index contributed by atoms with van der Waals surface area (Å²) < 4.78 is 11.0. The molecular weight excluding hydrogens is 300 g/mol. The maximum atomic E-state index is 12.1. The molecule has 0 atom stereocenters. The van der Waals surface area contributed by atoms with Gasteiger partial charge in [0.05, 0.1) is 13.1 Å². The summed E-state index contributed by atoms with van der Waals surface area (Å²) in [5, 5.41) is 3.01. The Morgan fingerprint density at radius 2 is 2.09 bits per heavy atom. The quantitative estimate of drug-likeness (QED) is 0.820. The van der Waals surface area contributed by atoms with Crippen molar-refractivity contribution in [2.24, 2.45) is 5.73 Å². The Balaban J connectivity index is 1.44. The van der Waals surface area contributed by atoms with Crippen LogP contribution in [0.25, 0.3) is 0 Å². The Labute approximate surface area is 133 Å². The van der Waals surface area contributed by atoms with Gasteiger partial charge in [0.2, 0.25) is 0 Å². The molecule has 3 N–H and O–H groups in total. The number of carbonyl (C=O) groups is 2. The average molecular weight is 320 g/mol. The van der Waals surface area contributed by atoms with E-state index in [4.69, 9.17) is 15.2 Å². The summed E-state index contributed by atoms with van der Waals surface area (Å²) in [7, 11) is 0. The van der Waals surface area contributed by atoms with E-state index in [0.29, 0.717) is 32.1 Å². The molecule has 8 heteroatoms. The van der Waals surface area contributed by atoms with Gasteiger partial charge in [-0.25, -0.2) is 4.79 Å². The maximum absolute atomic E-state index is 12.1. The molecule has 23 heavy (non-hydrogen) atoms. The highest BCUT2D eigenvalue weighted by Gasteiger charge is 2.33. The number of nitrogens with zero attached hydrogens (tertiary/aromatic N) is 2. The first kappa shape index (κ1) is 15.5. The van der Waals surface area contributed by atoms with E-state index in [0.717, 1.165) is 12.8 Å². The van der Waals surface area contributed by atoms with Crippen molar-refractivity contribution in [2.75, 3.05) is 26.3 Å². The van der Waals surface area contributed by atoms with Gasteiger partial charge in [0.25, 0.3) is 5.91 Å². The molecule has 3 rings (SSSR count). The highest BCUT2D eigenvalue weighted by Crippen LogP contribution is 2.19. The lowest BCUT2D eigenvalue weighted by atomic mass is 10.1. The number of carbonyl (C=O) groups excluding carboxylic acids is 2. The van der Waals surface area contributed by atoms with E-state index >= 15 is 0 Å². The first-order valence-electron chi connectivity index (χ1n) is 7.67. The number of ether oxygens (including phenoxy) is 2. The van der Waals surface area contributed by atoms with Gasteiger partial charge >= 0.3 is 6.03 Å². The number of rotatable bonds is 4. The Bertz CT molecular complexity index is 583. The van der Waals surface area contributed by atoms with Gasteiger partial charge in [-0.3, -0.25) is 9.78 Å². The number of urea groups is 1. The molecule has 3 amide bonds. The van der Waals surface area contributed by atoms with E-state index in [2.05, 4.69) is 10.3 Å². The normalized spacial score (nSPS) is 19.0. The summed E-state index contributed by atoms with van der Waals surface area (Å²) in [5.41, 5.74) is 5.35. The van der Waals surface area contributed by atoms with E-state index in [1.165, 1.54) is 12.3 Å². The standard InChI is InChI=1S/C15H20N4O4/c16-14(20)13-7-11(1-4-17-13)23-12-8-19(9-12)15(21)18-10-2-5-22-6-3-10/h1,4,7,10,12H,2-3,5-6,8-9H2,(H2,16,20)(H,18,21). The van der Waals surface area contributed by atoms with Crippen LogP contribution in [-0.2, 0) is 4.74 Å². The van der Waals surface area contributed by atoms with Crippen LogP contribution in [0.3, 0.4) is 0 Å². The fraction of sp³-hybridized carbons (Fsp3) is 0.533. The first-order chi connectivity index (χ1) is 11.1. The monoisotopic (exact) mass is 320 g/mol. The second-order valence-electron chi connectivity index (χ2n) is 5.72. The molecule has 2 aliphatic heterocycles. The second kappa shape index (κ2) is 6.82. The topological polar surface area (TPSA) is 107 Å². The highest BCUT2D eigenvalue weighted by atomic mass is 16.5. The van der Waals surface area contributed by atoms with Crippen LogP contribution in [0.5, 0.6) is 5.75 Å². The van der Waals surface area contributed by atoms with Gasteiger partial charge in [-0.15, -0.1) is 0 Å². The van der Waals surface area contributed by atoms with Crippen LogP contribution < -0.4 is 15.8 Å². The van der Waals surface area contributed by atoms with Gasteiger partial charge in [0.1, 0.15) is 17.5 Å². The summed E-state index contributed by atoms with van der Waals surface area (Å²) in [5.74, 6) is -0.0650. The van der Waals surface area contributed by atoms with Crippen LogP contribution in [-0.4, -0.2) is 60.3 Å². The van der Waals surface area contributed by atoms with Crippen molar-refractivity contribution in [3.05, 3.63) is 24.0 Å². The molecule has 8 nitrogen and oxygen atoms in total. The number of amides is 3. The fourth-order valence-corrected chi connectivity index (χ4v) is 2.60. The third-order valence-corrected chi connectivity index (χ3v) is 3.97. The van der Waals surface area contributed by atoms with Crippen molar-refractivity contribution in [1.82, 2.24) is 15.2 Å². The predicted octanol–water partition coefficient (Wildman–Crippen LogP) is 0.132. The average Bonchev–Trinajstić information content (AvgIpc) is 2.51. The molecule has 0 aliphatic carbocycles. The molecule has 124 valence electrons. The molecule has 2 fully saturated rings. The Hall–Kier alpha value is -2.35. The SMILES string of the molecule is NC(=O)c1cc(OC2CN(C(=O)NC3CCOCC3)C2)ccn1. The van der Waals surface area contributed by atoms with Crippen molar-refractivity contribution in [1.29, 1.82) is 0 Å². The van der Waals surface area contributed by atoms with Crippen molar-refractivity contribution < 1.29 is 19.1 Å². The Kier molecular flexibility index (Phi) is 4.61. The van der Waals surface area contributed by atoms with Gasteiger partial charge in [0.15, 0.2) is 0 Å². The number of hydrogen-bond donors (Lipinski definition) is 2. The Morgan fingerprint density at radius 3 is 2.78 bits per heavy atom. The number of likely N-dealkylation sites (tertiary alicyclic amines) is 1. The second-order valence-corrected chi connectivity index (χ2v) is 5.72. The largest absolute Gasteiger partial charge is 0.487 e. The molecule has 3 heterocycles. The van der Waals surface area contributed by atoms with Gasteiger partial charge in [-0.05, 0) is 18.9 Å². The zero-order chi connectivity index (χ0) is 16.2. The smallest absolute Gasteiger partial charge is 0.317 e. The van der Waals surface area contributed by atoms with Crippen LogP contribution in [0.2, 0.25) is 0 Å². The van der Waals surface area contributed by atoms with E-state index in [1.54, 1.807) is 11.0 Å². The lowest BCUT2D eigenvalue weighted by Crippen LogP contribution is -2.60. The van der Waals surface area contributed by atoms with Gasteiger partial charge in [0, 0.05) is 31.5 Å². The summed E-state index contributed by atoms with van der Waals surface area (Å²) in [6.07, 6.45) is 3.10. The fourth-order valence-electron chi connectivity index (χ4n) is 2.60. The van der Waals surface area contributed by atoms with Gasteiger partial charge in [-0.2, -0.15) is 0 Å². The molecule has 0 spiro atoms. The number of hydrogen-bond acceptors (Lipinski definition) is 5. The summed E-state index contributed by atoms with van der Waals surface area (Å²) in [6.45, 7) is 2.43. The highest BCUT2D eigenvalue weighted by molar-refractivity contribution is 5.91. The summed E-state index contributed by atoms with van der Waals surface area (Å²) in [4.78, 5) is 28.7. The molecule has 1 aromatic heterocycles. The molecule has 0 aromatic carbocycles. The van der Waals surface area contributed by atoms with E-state index in [-0.39, 0.29) is 23.9 Å². The zero-order valence-corrected chi connectivity index (χ0v) is 12.7. The molecule has 2 saturated heterocycles. The third-order valence-electron chi connectivity index (χ3n) is 3.97. The molecular formula is C15H20N4O4. The zero-order valence-electron chi connectivity index (χ0n) is 12.7. The van der Waals surface area contributed by atoms with Crippen molar-refractivity contribution in [3.8, 4) is 5.75 Å². The van der Waals surface area contributed by atoms with E-state index in [1.807, 2.05) is 0 Å². The summed E-state index contributed by atoms with van der Waals surface area (Å²) >= 11 is 0. The number of primary amides is 1. The first-order valence-corrected chi connectivity index (χ1v) is 7.67. The minimum Gasteiger partial charge on any atom is -0.487 e. The third kappa shape index (κ3) is 3.89. The molecule has 1 aromatic rings. The predicted molar refractivity (Wildman–Crippen MR) is 81.1 cm³/mol. The number of nitrogens with one attached hydrogen (secondary N) is 1. The van der Waals surface area contributed by atoms with Gasteiger partial charge in [-0.1, -0.05) is 0 Å². The van der Waals surface area contributed by atoms with Crippen molar-refractivity contribution >= 4 is 11.9 Å². The van der Waals surface area contributed by atoms with E-state index < -0.39 is 5.91 Å². The number of aromatic nitrogens is 1. The molecule has 0 bridgehead atoms. The lowest BCUT2D eigenvalue weighted by molar-refractivity contribution is 0.0383. The minimum absolute atomic E-state index is 0.0655. The van der Waals surface area contributed by atoms with Crippen LogP contribution in [0.4, 0.5) is 4.79 Å². The minimum atomic E-state index is -0.596. The molecule has 0 unspecified atom stereocenters. The van der Waals surface area contributed by atoms with Crippen LogP contribution >= 0.6 is 0 Å². The van der Waals surface area contributed by atoms with Crippen LogP contribution in [0.1, 0.15) is 23.3 Å². The Morgan fingerprint density at radius 1 is 1.35 bits per heavy atom. The van der Waals surface area contributed by atoms with Crippen molar-refractivity contribution in [2.45, 2.75) is 25.0 Å². The van der Waals surface area contributed by atoms with Crippen LogP contribution in [0.15, 0.2) is 18.3 Å². The van der Waals surface area contributed by atoms with Crippen LogP contribution in [0, 0.1) is 0 Å². The van der Waals surface area contributed by atoms with Gasteiger partial charge < -0.3 is 25.4 Å². The molecule has 2 aliphatic rings. The maximum Gasteiger partial charge on any atom is 0.317 e. The van der Waals surface area contributed by atoms with Crippen molar-refractivity contribution in [3.63, 3.8) is 0 Å². The lowest BCUT2D eigenvalue weighted by Gasteiger charge is -2.39. The number of pyridine rings is 1. The van der Waals surface area contributed by atoms with E-state index in [9.17, 15) is 9.59 Å². The molecule has 0 radical (unpaired) electrons. The molecule has 0 saturated carbocycles. The number of nitrogens with two attached hydrogens (primary N) is 1. The summed E-state index contributed by atoms with van der Waals surface area (Å²) in [6, 6.07) is 3.29.